The van der Waals surface area contributed by atoms with Crippen molar-refractivity contribution in [3.8, 4) is 0 Å². The van der Waals surface area contributed by atoms with E-state index >= 15 is 0 Å². The molecule has 0 aliphatic rings. The molecule has 0 fully saturated rings. The zero-order valence-corrected chi connectivity index (χ0v) is 11.6. The second-order valence-electron chi connectivity index (χ2n) is 4.71. The highest BCUT2D eigenvalue weighted by Crippen LogP contribution is 2.10. The number of benzene rings is 1. The zero-order chi connectivity index (χ0) is 13.5. The number of rotatable bonds is 9. The minimum Gasteiger partial charge on any atom is -0.0654 e. The summed E-state index contributed by atoms with van der Waals surface area (Å²) in [5, 5.41) is 12.0. The van der Waals surface area contributed by atoms with Crippen LogP contribution in [-0.2, 0) is 6.42 Å². The summed E-state index contributed by atoms with van der Waals surface area (Å²) in [5.41, 5.74) is 1.49. The second kappa shape index (κ2) is 13.7. The summed E-state index contributed by atoms with van der Waals surface area (Å²) in [6.45, 7) is 2.28. The lowest BCUT2D eigenvalue weighted by Gasteiger charge is -2.02. The highest BCUT2D eigenvalue weighted by atomic mass is 14.6. The largest absolute Gasteiger partial charge is 0.0654 e. The minimum atomic E-state index is 1.26. The maximum Gasteiger partial charge on any atom is 0 e. The smallest absolute Gasteiger partial charge is 0 e. The molecule has 1 aromatic rings. The van der Waals surface area contributed by atoms with E-state index < -0.39 is 0 Å². The normalized spacial score (nSPS) is 9.50. The highest BCUT2D eigenvalue weighted by molar-refractivity contribution is 5.14. The average molecular weight is 246 g/mol. The van der Waals surface area contributed by atoms with Gasteiger partial charge in [-0.3, -0.25) is 0 Å². The molecule has 0 saturated carbocycles. The van der Waals surface area contributed by atoms with Crippen LogP contribution in [0.5, 0.6) is 0 Å². The van der Waals surface area contributed by atoms with E-state index in [-0.39, 0.29) is 0 Å². The quantitative estimate of drug-likeness (QED) is 0.432. The summed E-state index contributed by atoms with van der Waals surface area (Å²) in [5.74, 6) is 0. The van der Waals surface area contributed by atoms with Crippen LogP contribution in [0.3, 0.4) is 0 Å². The van der Waals surface area contributed by atoms with E-state index in [2.05, 4.69) is 37.3 Å². The molecule has 0 aromatic heterocycles. The Morgan fingerprint density at radius 1 is 0.722 bits per heavy atom. The van der Waals surface area contributed by atoms with Gasteiger partial charge in [-0.2, -0.15) is 0 Å². The van der Waals surface area contributed by atoms with Gasteiger partial charge in [-0.25, -0.2) is 0 Å². The van der Waals surface area contributed by atoms with E-state index in [1.54, 1.807) is 0 Å². The van der Waals surface area contributed by atoms with E-state index in [4.69, 9.17) is 10.8 Å². The molecule has 0 bridgehead atoms. The Kier molecular flexibility index (Phi) is 12.7. The summed E-state index contributed by atoms with van der Waals surface area (Å²) in [6.07, 6.45) is 12.5. The fourth-order valence-corrected chi connectivity index (χ4v) is 2.11. The Morgan fingerprint density at radius 3 is 1.78 bits per heavy atom. The van der Waals surface area contributed by atoms with Crippen molar-refractivity contribution < 1.29 is 0 Å². The monoisotopic (exact) mass is 246 g/mol. The van der Waals surface area contributed by atoms with Crippen molar-refractivity contribution >= 4 is 0 Å². The van der Waals surface area contributed by atoms with Gasteiger partial charge in [0, 0.05) is 10.8 Å². The first-order chi connectivity index (χ1) is 8.93. The van der Waals surface area contributed by atoms with Crippen molar-refractivity contribution in [2.75, 3.05) is 0 Å². The first-order valence-corrected chi connectivity index (χ1v) is 7.17. The Labute approximate surface area is 112 Å². The van der Waals surface area contributed by atoms with Crippen LogP contribution in [0, 0.1) is 10.8 Å². The van der Waals surface area contributed by atoms with Gasteiger partial charge in [0.1, 0.15) is 0 Å². The van der Waals surface area contributed by atoms with Crippen LogP contribution in [0.4, 0.5) is 0 Å². The maximum absolute atomic E-state index is 6.00. The van der Waals surface area contributed by atoms with Gasteiger partial charge >= 0.3 is 0 Å². The summed E-state index contributed by atoms with van der Waals surface area (Å²) >= 11 is 0. The summed E-state index contributed by atoms with van der Waals surface area (Å²) in [7, 11) is 0. The molecular formula is C16H26N2. The van der Waals surface area contributed by atoms with Crippen molar-refractivity contribution in [3.05, 3.63) is 35.9 Å². The molecule has 1 rings (SSSR count). The lowest BCUT2D eigenvalue weighted by Crippen LogP contribution is -1.85. The average Bonchev–Trinajstić information content (AvgIpc) is 2.45. The van der Waals surface area contributed by atoms with Crippen molar-refractivity contribution in [3.63, 3.8) is 0 Å². The van der Waals surface area contributed by atoms with Gasteiger partial charge in [-0.05, 0) is 18.4 Å². The zero-order valence-electron chi connectivity index (χ0n) is 11.6. The molecule has 100 valence electrons. The predicted molar refractivity (Wildman–Crippen MR) is 76.2 cm³/mol. The Balaban J connectivity index is 0.00000137. The number of nitrogens with zero attached hydrogens (tertiary/aromatic N) is 2. The van der Waals surface area contributed by atoms with Gasteiger partial charge in [0.2, 0.25) is 0 Å². The lowest BCUT2D eigenvalue weighted by molar-refractivity contribution is 0.575. The van der Waals surface area contributed by atoms with Gasteiger partial charge in [-0.15, -0.1) is 0 Å². The van der Waals surface area contributed by atoms with Crippen LogP contribution in [0.2, 0.25) is 0 Å². The predicted octanol–water partition coefficient (Wildman–Crippen LogP) is 5.40. The van der Waals surface area contributed by atoms with Gasteiger partial charge < -0.3 is 0 Å². The molecule has 0 unspecified atom stereocenters. The molecule has 0 amide bonds. The summed E-state index contributed by atoms with van der Waals surface area (Å²) in [6, 6.07) is 10.8. The standard InChI is InChI=1S/C16H26.N2/c1-2-3-4-5-6-7-8-10-13-16-14-11-9-12-15-16;1-2/h9,11-12,14-15H,2-8,10,13H2,1H3;. The molecule has 0 spiro atoms. The van der Waals surface area contributed by atoms with Gasteiger partial charge in [0.15, 0.2) is 0 Å². The van der Waals surface area contributed by atoms with Crippen LogP contribution < -0.4 is 0 Å². The Bertz CT molecular complexity index is 280. The molecule has 0 aliphatic heterocycles. The SMILES string of the molecule is CCCCCCCCCCc1ccccc1.N#N. The maximum atomic E-state index is 6.00. The van der Waals surface area contributed by atoms with Crippen molar-refractivity contribution in [1.82, 2.24) is 0 Å². The van der Waals surface area contributed by atoms with Crippen molar-refractivity contribution in [2.24, 2.45) is 0 Å². The topological polar surface area (TPSA) is 47.6 Å². The fraction of sp³-hybridized carbons (Fsp3) is 0.625. The molecule has 0 N–H and O–H groups in total. The third kappa shape index (κ3) is 9.84. The van der Waals surface area contributed by atoms with E-state index in [9.17, 15) is 0 Å². The Morgan fingerprint density at radius 2 is 1.22 bits per heavy atom. The summed E-state index contributed by atoms with van der Waals surface area (Å²) in [4.78, 5) is 0. The van der Waals surface area contributed by atoms with Gasteiger partial charge in [-0.1, -0.05) is 82.2 Å². The van der Waals surface area contributed by atoms with E-state index in [1.165, 1.54) is 63.4 Å². The van der Waals surface area contributed by atoms with Crippen LogP contribution in [0.25, 0.3) is 0 Å². The van der Waals surface area contributed by atoms with Crippen LogP contribution in [0.1, 0.15) is 63.9 Å². The molecule has 0 heterocycles. The van der Waals surface area contributed by atoms with Crippen molar-refractivity contribution in [2.45, 2.75) is 64.7 Å². The molecule has 0 atom stereocenters. The number of aryl methyl sites for hydroxylation is 1. The van der Waals surface area contributed by atoms with Gasteiger partial charge in [0.05, 0.1) is 0 Å². The lowest BCUT2D eigenvalue weighted by atomic mass is 10.0. The summed E-state index contributed by atoms with van der Waals surface area (Å²) < 4.78 is 0. The Hall–Kier alpha value is -1.36. The first kappa shape index (κ1) is 16.6. The number of hydrogen-bond acceptors (Lipinski definition) is 2. The molecule has 0 saturated heterocycles. The first-order valence-electron chi connectivity index (χ1n) is 7.17. The van der Waals surface area contributed by atoms with E-state index in [1.807, 2.05) is 0 Å². The number of unbranched alkanes of at least 4 members (excludes halogenated alkanes) is 7. The van der Waals surface area contributed by atoms with Crippen LogP contribution >= 0.6 is 0 Å². The third-order valence-electron chi connectivity index (χ3n) is 3.16. The van der Waals surface area contributed by atoms with E-state index in [0.717, 1.165) is 0 Å². The second-order valence-corrected chi connectivity index (χ2v) is 4.71. The molecule has 2 nitrogen and oxygen atoms in total. The van der Waals surface area contributed by atoms with Crippen LogP contribution in [0.15, 0.2) is 30.3 Å². The molecular weight excluding hydrogens is 220 g/mol. The van der Waals surface area contributed by atoms with E-state index in [0.29, 0.717) is 0 Å². The number of hydrogen-bond donors (Lipinski definition) is 0. The molecule has 0 aliphatic carbocycles. The molecule has 0 radical (unpaired) electrons. The third-order valence-corrected chi connectivity index (χ3v) is 3.16. The fourth-order valence-electron chi connectivity index (χ4n) is 2.11. The minimum absolute atomic E-state index is 1.26. The molecule has 2 heteroatoms. The molecule has 1 aromatic carbocycles. The molecule has 18 heavy (non-hydrogen) atoms. The highest BCUT2D eigenvalue weighted by Gasteiger charge is 1.93. The van der Waals surface area contributed by atoms with Gasteiger partial charge in [0.25, 0.3) is 0 Å². The van der Waals surface area contributed by atoms with Crippen molar-refractivity contribution in [1.29, 1.82) is 10.8 Å². The van der Waals surface area contributed by atoms with Crippen LogP contribution in [-0.4, -0.2) is 0 Å².